The van der Waals surface area contributed by atoms with Crippen LogP contribution in [-0.4, -0.2) is 21.9 Å². The van der Waals surface area contributed by atoms with Crippen molar-refractivity contribution in [3.05, 3.63) is 57.2 Å². The van der Waals surface area contributed by atoms with E-state index in [1.54, 1.807) is 24.5 Å². The first-order valence-electron chi connectivity index (χ1n) is 6.69. The van der Waals surface area contributed by atoms with Gasteiger partial charge in [0.15, 0.2) is 0 Å². The van der Waals surface area contributed by atoms with Crippen molar-refractivity contribution in [2.75, 3.05) is 11.9 Å². The number of rotatable bonds is 4. The van der Waals surface area contributed by atoms with E-state index in [0.29, 0.717) is 12.4 Å². The van der Waals surface area contributed by atoms with Crippen LogP contribution in [-0.2, 0) is 6.54 Å². The minimum atomic E-state index is -0.608. The van der Waals surface area contributed by atoms with E-state index in [1.165, 1.54) is 12.1 Å². The number of hydrogen-bond acceptors (Lipinski definition) is 7. The standard InChI is InChI=1S/C15H11N5O2S/c1-19(9-15-18-10-4-2-3-5-13(10)23-15)14-7-6-12(20(21)22)11(8-16)17-14/h2-7H,9H2,1H3. The third-order valence-electron chi connectivity index (χ3n) is 3.26. The normalized spacial score (nSPS) is 10.4. The predicted octanol–water partition coefficient (Wildman–Crippen LogP) is 3.11. The van der Waals surface area contributed by atoms with Crippen LogP contribution in [0.4, 0.5) is 11.5 Å². The van der Waals surface area contributed by atoms with Crippen LogP contribution in [0.15, 0.2) is 36.4 Å². The fourth-order valence-corrected chi connectivity index (χ4v) is 3.18. The van der Waals surface area contributed by atoms with E-state index in [-0.39, 0.29) is 11.4 Å². The van der Waals surface area contributed by atoms with E-state index >= 15 is 0 Å². The van der Waals surface area contributed by atoms with Gasteiger partial charge in [0.25, 0.3) is 0 Å². The van der Waals surface area contributed by atoms with Crippen molar-refractivity contribution in [2.45, 2.75) is 6.54 Å². The summed E-state index contributed by atoms with van der Waals surface area (Å²) in [5.41, 5.74) is 0.462. The fraction of sp³-hybridized carbons (Fsp3) is 0.133. The molecule has 0 spiro atoms. The smallest absolute Gasteiger partial charge is 0.305 e. The molecule has 0 bridgehead atoms. The van der Waals surface area contributed by atoms with Gasteiger partial charge in [-0.25, -0.2) is 9.97 Å². The third-order valence-corrected chi connectivity index (χ3v) is 4.28. The van der Waals surface area contributed by atoms with Crippen LogP contribution in [0.1, 0.15) is 10.7 Å². The highest BCUT2D eigenvalue weighted by atomic mass is 32.1. The summed E-state index contributed by atoms with van der Waals surface area (Å²) < 4.78 is 1.10. The molecular formula is C15H11N5O2S. The Hall–Kier alpha value is -3.05. The number of fused-ring (bicyclic) bond motifs is 1. The summed E-state index contributed by atoms with van der Waals surface area (Å²) in [6, 6.07) is 12.5. The molecule has 0 aliphatic rings. The molecule has 23 heavy (non-hydrogen) atoms. The van der Waals surface area contributed by atoms with Crippen LogP contribution in [0.2, 0.25) is 0 Å². The van der Waals surface area contributed by atoms with E-state index < -0.39 is 4.92 Å². The number of para-hydroxylation sites is 1. The first-order chi connectivity index (χ1) is 11.1. The molecular weight excluding hydrogens is 314 g/mol. The number of nitrogens with zero attached hydrogens (tertiary/aromatic N) is 5. The summed E-state index contributed by atoms with van der Waals surface area (Å²) in [4.78, 5) is 20.6. The van der Waals surface area contributed by atoms with Crippen molar-refractivity contribution in [3.63, 3.8) is 0 Å². The lowest BCUT2D eigenvalue weighted by molar-refractivity contribution is -0.385. The molecule has 0 aliphatic carbocycles. The van der Waals surface area contributed by atoms with Gasteiger partial charge in [0.05, 0.1) is 21.7 Å². The molecule has 3 aromatic rings. The number of nitriles is 1. The number of benzene rings is 1. The Morgan fingerprint density at radius 1 is 1.30 bits per heavy atom. The number of nitro groups is 1. The Morgan fingerprint density at radius 2 is 2.09 bits per heavy atom. The molecule has 114 valence electrons. The van der Waals surface area contributed by atoms with Crippen molar-refractivity contribution >= 4 is 33.1 Å². The van der Waals surface area contributed by atoms with Crippen molar-refractivity contribution in [2.24, 2.45) is 0 Å². The van der Waals surface area contributed by atoms with E-state index in [1.807, 2.05) is 29.2 Å². The summed E-state index contributed by atoms with van der Waals surface area (Å²) in [6.45, 7) is 0.509. The van der Waals surface area contributed by atoms with E-state index in [4.69, 9.17) is 5.26 Å². The molecule has 0 fully saturated rings. The van der Waals surface area contributed by atoms with Gasteiger partial charge < -0.3 is 4.90 Å². The van der Waals surface area contributed by atoms with Crippen molar-refractivity contribution < 1.29 is 4.92 Å². The van der Waals surface area contributed by atoms with Gasteiger partial charge >= 0.3 is 5.69 Å². The quantitative estimate of drug-likeness (QED) is 0.540. The molecule has 3 rings (SSSR count). The highest BCUT2D eigenvalue weighted by Crippen LogP contribution is 2.25. The average molecular weight is 325 g/mol. The largest absolute Gasteiger partial charge is 0.353 e. The third kappa shape index (κ3) is 2.95. The lowest BCUT2D eigenvalue weighted by Gasteiger charge is -2.16. The van der Waals surface area contributed by atoms with Gasteiger partial charge in [-0.2, -0.15) is 5.26 Å². The second kappa shape index (κ2) is 5.98. The molecule has 8 heteroatoms. The molecule has 2 aromatic heterocycles. The molecule has 0 unspecified atom stereocenters. The minimum absolute atomic E-state index is 0.191. The second-order valence-electron chi connectivity index (χ2n) is 4.84. The summed E-state index contributed by atoms with van der Waals surface area (Å²) in [5.74, 6) is 0.492. The van der Waals surface area contributed by atoms with Gasteiger partial charge in [-0.3, -0.25) is 10.1 Å². The van der Waals surface area contributed by atoms with Gasteiger partial charge in [0.1, 0.15) is 16.9 Å². The molecule has 0 N–H and O–H groups in total. The number of hydrogen-bond donors (Lipinski definition) is 0. The van der Waals surface area contributed by atoms with Crippen LogP contribution < -0.4 is 4.90 Å². The summed E-state index contributed by atoms with van der Waals surface area (Å²) >= 11 is 1.58. The van der Waals surface area contributed by atoms with Gasteiger partial charge in [-0.05, 0) is 18.2 Å². The van der Waals surface area contributed by atoms with Crippen molar-refractivity contribution in [3.8, 4) is 6.07 Å². The van der Waals surface area contributed by atoms with Crippen LogP contribution in [0, 0.1) is 21.4 Å². The molecule has 0 atom stereocenters. The Balaban J connectivity index is 1.87. The summed E-state index contributed by atoms with van der Waals surface area (Å²) in [6.07, 6.45) is 0. The van der Waals surface area contributed by atoms with E-state index in [9.17, 15) is 10.1 Å². The zero-order valence-electron chi connectivity index (χ0n) is 12.1. The SMILES string of the molecule is CN(Cc1nc2ccccc2s1)c1ccc([N+](=O)[O-])c(C#N)n1. The average Bonchev–Trinajstić information content (AvgIpc) is 2.96. The Kier molecular flexibility index (Phi) is 3.87. The lowest BCUT2D eigenvalue weighted by atomic mass is 10.3. The molecule has 0 amide bonds. The van der Waals surface area contributed by atoms with Crippen molar-refractivity contribution in [1.82, 2.24) is 9.97 Å². The van der Waals surface area contributed by atoms with Gasteiger partial charge in [-0.15, -0.1) is 11.3 Å². The Morgan fingerprint density at radius 3 is 2.78 bits per heavy atom. The maximum absolute atomic E-state index is 10.8. The summed E-state index contributed by atoms with van der Waals surface area (Å²) in [5, 5.41) is 20.8. The molecule has 0 aliphatic heterocycles. The second-order valence-corrected chi connectivity index (χ2v) is 5.95. The fourth-order valence-electron chi connectivity index (χ4n) is 2.16. The zero-order valence-corrected chi connectivity index (χ0v) is 12.9. The highest BCUT2D eigenvalue weighted by molar-refractivity contribution is 7.18. The molecule has 0 saturated carbocycles. The number of aromatic nitrogens is 2. The predicted molar refractivity (Wildman–Crippen MR) is 87.3 cm³/mol. The number of pyridine rings is 1. The maximum atomic E-state index is 10.8. The first kappa shape index (κ1) is 14.9. The van der Waals surface area contributed by atoms with E-state index in [0.717, 1.165) is 15.2 Å². The van der Waals surface area contributed by atoms with Crippen LogP contribution in [0.3, 0.4) is 0 Å². The van der Waals surface area contributed by atoms with E-state index in [2.05, 4.69) is 9.97 Å². The highest BCUT2D eigenvalue weighted by Gasteiger charge is 2.17. The van der Waals surface area contributed by atoms with Crippen LogP contribution in [0.25, 0.3) is 10.2 Å². The molecule has 7 nitrogen and oxygen atoms in total. The Bertz CT molecular complexity index is 898. The molecule has 1 aromatic carbocycles. The number of thiazole rings is 1. The van der Waals surface area contributed by atoms with Gasteiger partial charge in [0.2, 0.25) is 5.69 Å². The van der Waals surface area contributed by atoms with Crippen LogP contribution >= 0.6 is 11.3 Å². The lowest BCUT2D eigenvalue weighted by Crippen LogP contribution is -2.18. The summed E-state index contributed by atoms with van der Waals surface area (Å²) in [7, 11) is 1.81. The molecule has 2 heterocycles. The zero-order chi connectivity index (χ0) is 16.4. The van der Waals surface area contributed by atoms with Gasteiger partial charge in [0, 0.05) is 13.1 Å². The first-order valence-corrected chi connectivity index (χ1v) is 7.51. The number of anilines is 1. The topological polar surface area (TPSA) is 96.0 Å². The maximum Gasteiger partial charge on any atom is 0.305 e. The van der Waals surface area contributed by atoms with Gasteiger partial charge in [-0.1, -0.05) is 12.1 Å². The van der Waals surface area contributed by atoms with Crippen molar-refractivity contribution in [1.29, 1.82) is 5.26 Å². The molecule has 0 saturated heterocycles. The Labute approximate surface area is 135 Å². The minimum Gasteiger partial charge on any atom is -0.353 e. The molecule has 0 radical (unpaired) electrons. The monoisotopic (exact) mass is 325 g/mol. The van der Waals surface area contributed by atoms with Crippen LogP contribution in [0.5, 0.6) is 0 Å².